The van der Waals surface area contributed by atoms with Crippen LogP contribution in [0.1, 0.15) is 4.88 Å². The Kier molecular flexibility index (Phi) is 3.68. The minimum absolute atomic E-state index is 0.571. The van der Waals surface area contributed by atoms with E-state index >= 15 is 0 Å². The minimum atomic E-state index is 0.571. The SMILES string of the molecule is Clc1ncc(CNc2ccc(Br)c3cnccc23)s1. The first-order valence-corrected chi connectivity index (χ1v) is 7.59. The fourth-order valence-corrected chi connectivity index (χ4v) is 3.22. The number of hydrogen-bond donors (Lipinski definition) is 1. The number of pyridine rings is 1. The zero-order valence-corrected chi connectivity index (χ0v) is 12.9. The molecule has 0 radical (unpaired) electrons. The molecule has 19 heavy (non-hydrogen) atoms. The molecular weight excluding hydrogens is 346 g/mol. The number of thiazole rings is 1. The lowest BCUT2D eigenvalue weighted by molar-refractivity contribution is 1.18. The van der Waals surface area contributed by atoms with Gasteiger partial charge in [0, 0.05) is 44.4 Å². The highest BCUT2D eigenvalue weighted by atomic mass is 79.9. The Labute approximate surface area is 127 Å². The summed E-state index contributed by atoms with van der Waals surface area (Å²) in [5.74, 6) is 0. The van der Waals surface area contributed by atoms with Crippen molar-refractivity contribution in [2.45, 2.75) is 6.54 Å². The zero-order chi connectivity index (χ0) is 13.2. The second-order valence-electron chi connectivity index (χ2n) is 3.95. The molecule has 0 unspecified atom stereocenters. The fourth-order valence-electron chi connectivity index (χ4n) is 1.86. The Morgan fingerprint density at radius 3 is 2.89 bits per heavy atom. The highest BCUT2D eigenvalue weighted by Crippen LogP contribution is 2.30. The van der Waals surface area contributed by atoms with Crippen molar-refractivity contribution < 1.29 is 0 Å². The van der Waals surface area contributed by atoms with Gasteiger partial charge in [0.05, 0.1) is 6.54 Å². The van der Waals surface area contributed by atoms with Crippen LogP contribution in [-0.4, -0.2) is 9.97 Å². The molecule has 0 amide bonds. The molecule has 0 spiro atoms. The van der Waals surface area contributed by atoms with E-state index in [9.17, 15) is 0 Å². The molecule has 96 valence electrons. The molecule has 0 fully saturated rings. The van der Waals surface area contributed by atoms with E-state index in [-0.39, 0.29) is 0 Å². The molecule has 3 nitrogen and oxygen atoms in total. The third-order valence-corrected chi connectivity index (χ3v) is 4.55. The van der Waals surface area contributed by atoms with Gasteiger partial charge in [0.25, 0.3) is 0 Å². The van der Waals surface area contributed by atoms with Crippen molar-refractivity contribution in [1.82, 2.24) is 9.97 Å². The van der Waals surface area contributed by atoms with Crippen LogP contribution in [0.4, 0.5) is 5.69 Å². The fraction of sp³-hybridized carbons (Fsp3) is 0.0769. The Bertz CT molecular complexity index is 729. The van der Waals surface area contributed by atoms with Gasteiger partial charge in [-0.1, -0.05) is 27.5 Å². The Morgan fingerprint density at radius 2 is 2.11 bits per heavy atom. The van der Waals surface area contributed by atoms with E-state index in [0.29, 0.717) is 11.0 Å². The summed E-state index contributed by atoms with van der Waals surface area (Å²) in [5.41, 5.74) is 1.07. The molecule has 1 aromatic carbocycles. The van der Waals surface area contributed by atoms with Crippen molar-refractivity contribution >= 4 is 55.3 Å². The summed E-state index contributed by atoms with van der Waals surface area (Å²) in [6.45, 7) is 0.712. The Hall–Kier alpha value is -1.17. The topological polar surface area (TPSA) is 37.8 Å². The van der Waals surface area contributed by atoms with Crippen molar-refractivity contribution in [2.24, 2.45) is 0 Å². The molecule has 6 heteroatoms. The smallest absolute Gasteiger partial charge is 0.183 e. The lowest BCUT2D eigenvalue weighted by Crippen LogP contribution is -1.98. The zero-order valence-electron chi connectivity index (χ0n) is 9.73. The van der Waals surface area contributed by atoms with Crippen LogP contribution in [0.3, 0.4) is 0 Å². The summed E-state index contributed by atoms with van der Waals surface area (Å²) < 4.78 is 1.61. The monoisotopic (exact) mass is 353 g/mol. The van der Waals surface area contributed by atoms with Gasteiger partial charge in [-0.2, -0.15) is 0 Å². The lowest BCUT2D eigenvalue weighted by Gasteiger charge is -2.09. The lowest BCUT2D eigenvalue weighted by atomic mass is 10.1. The van der Waals surface area contributed by atoms with Crippen molar-refractivity contribution in [3.05, 3.63) is 50.6 Å². The van der Waals surface area contributed by atoms with Crippen LogP contribution in [0.5, 0.6) is 0 Å². The molecule has 0 atom stereocenters. The number of hydrogen-bond acceptors (Lipinski definition) is 4. The van der Waals surface area contributed by atoms with E-state index in [1.54, 1.807) is 12.4 Å². The van der Waals surface area contributed by atoms with Crippen molar-refractivity contribution in [1.29, 1.82) is 0 Å². The van der Waals surface area contributed by atoms with E-state index in [1.807, 2.05) is 18.3 Å². The number of benzene rings is 1. The van der Waals surface area contributed by atoms with Crippen molar-refractivity contribution in [3.63, 3.8) is 0 Å². The first-order valence-electron chi connectivity index (χ1n) is 5.60. The highest BCUT2D eigenvalue weighted by molar-refractivity contribution is 9.10. The van der Waals surface area contributed by atoms with E-state index in [4.69, 9.17) is 11.6 Å². The summed E-state index contributed by atoms with van der Waals surface area (Å²) in [5, 5.41) is 5.64. The molecule has 0 aliphatic carbocycles. The third kappa shape index (κ3) is 2.73. The number of nitrogens with one attached hydrogen (secondary N) is 1. The van der Waals surface area contributed by atoms with Crippen LogP contribution < -0.4 is 5.32 Å². The number of aromatic nitrogens is 2. The quantitative estimate of drug-likeness (QED) is 0.739. The van der Waals surface area contributed by atoms with Crippen LogP contribution in [0.2, 0.25) is 4.47 Å². The molecule has 1 N–H and O–H groups in total. The first-order chi connectivity index (χ1) is 9.24. The Balaban J connectivity index is 1.91. The maximum Gasteiger partial charge on any atom is 0.183 e. The average molecular weight is 355 g/mol. The summed E-state index contributed by atoms with van der Waals surface area (Å²) in [7, 11) is 0. The second-order valence-corrected chi connectivity index (χ2v) is 6.50. The number of halogens is 2. The normalized spacial score (nSPS) is 10.8. The van der Waals surface area contributed by atoms with Crippen LogP contribution in [0, 0.1) is 0 Å². The number of anilines is 1. The van der Waals surface area contributed by atoms with Crippen LogP contribution >= 0.6 is 38.9 Å². The van der Waals surface area contributed by atoms with Crippen LogP contribution in [-0.2, 0) is 6.54 Å². The maximum absolute atomic E-state index is 5.82. The van der Waals surface area contributed by atoms with Gasteiger partial charge in [-0.05, 0) is 18.2 Å². The predicted molar refractivity (Wildman–Crippen MR) is 83.9 cm³/mol. The summed E-state index contributed by atoms with van der Waals surface area (Å²) in [6.07, 6.45) is 5.44. The van der Waals surface area contributed by atoms with Crippen molar-refractivity contribution in [3.8, 4) is 0 Å². The molecule has 3 rings (SSSR count). The van der Waals surface area contributed by atoms with Crippen molar-refractivity contribution in [2.75, 3.05) is 5.32 Å². The van der Waals surface area contributed by atoms with Gasteiger partial charge in [-0.15, -0.1) is 11.3 Å². The summed E-state index contributed by atoms with van der Waals surface area (Å²) >= 11 is 10.8. The molecule has 0 bridgehead atoms. The molecule has 2 heterocycles. The molecule has 0 saturated carbocycles. The number of fused-ring (bicyclic) bond motifs is 1. The highest BCUT2D eigenvalue weighted by Gasteiger charge is 2.05. The van der Waals surface area contributed by atoms with Crippen LogP contribution in [0.25, 0.3) is 10.8 Å². The molecule has 0 aliphatic heterocycles. The largest absolute Gasteiger partial charge is 0.380 e. The summed E-state index contributed by atoms with van der Waals surface area (Å²) in [6, 6.07) is 6.07. The maximum atomic E-state index is 5.82. The molecule has 0 saturated heterocycles. The predicted octanol–water partition coefficient (Wildman–Crippen LogP) is 4.72. The number of rotatable bonds is 3. The van der Waals surface area contributed by atoms with E-state index in [1.165, 1.54) is 11.3 Å². The van der Waals surface area contributed by atoms with Gasteiger partial charge in [-0.3, -0.25) is 4.98 Å². The van der Waals surface area contributed by atoms with E-state index < -0.39 is 0 Å². The molecule has 3 aromatic rings. The van der Waals surface area contributed by atoms with Crippen LogP contribution in [0.15, 0.2) is 41.3 Å². The number of nitrogens with zero attached hydrogens (tertiary/aromatic N) is 2. The van der Waals surface area contributed by atoms with Gasteiger partial charge in [0.15, 0.2) is 4.47 Å². The standard InChI is InChI=1S/C13H9BrClN3S/c14-11-1-2-12(9-3-4-16-7-10(9)11)17-5-8-6-18-13(15)19-8/h1-4,6-7,17H,5H2. The minimum Gasteiger partial charge on any atom is -0.380 e. The summed E-state index contributed by atoms with van der Waals surface area (Å²) in [4.78, 5) is 9.29. The first kappa shape index (κ1) is 12.8. The van der Waals surface area contributed by atoms with E-state index in [0.717, 1.165) is 25.8 Å². The van der Waals surface area contributed by atoms with Gasteiger partial charge in [-0.25, -0.2) is 4.98 Å². The second kappa shape index (κ2) is 5.45. The van der Waals surface area contributed by atoms with E-state index in [2.05, 4.69) is 37.3 Å². The molecule has 0 aliphatic rings. The third-order valence-electron chi connectivity index (χ3n) is 2.74. The van der Waals surface area contributed by atoms with Gasteiger partial charge >= 0.3 is 0 Å². The van der Waals surface area contributed by atoms with Gasteiger partial charge in [0.1, 0.15) is 0 Å². The molecular formula is C13H9BrClN3S. The average Bonchev–Trinajstić information content (AvgIpc) is 2.84. The van der Waals surface area contributed by atoms with Gasteiger partial charge in [0.2, 0.25) is 0 Å². The van der Waals surface area contributed by atoms with Gasteiger partial charge < -0.3 is 5.32 Å². The molecule has 2 aromatic heterocycles. The Morgan fingerprint density at radius 1 is 1.21 bits per heavy atom.